The lowest BCUT2D eigenvalue weighted by Gasteiger charge is -2.24. The van der Waals surface area contributed by atoms with Crippen LogP contribution < -0.4 is 4.74 Å². The highest BCUT2D eigenvalue weighted by Crippen LogP contribution is 2.28. The molecule has 1 heterocycles. The highest BCUT2D eigenvalue weighted by atomic mass is 32.2. The summed E-state index contributed by atoms with van der Waals surface area (Å²) in [4.78, 5) is 38.6. The van der Waals surface area contributed by atoms with Crippen molar-refractivity contribution in [3.63, 3.8) is 0 Å². The van der Waals surface area contributed by atoms with Gasteiger partial charge in [-0.25, -0.2) is 4.79 Å². The van der Waals surface area contributed by atoms with Gasteiger partial charge < -0.3 is 14.7 Å². The molecule has 4 rings (SSSR count). The maximum atomic E-state index is 13.1. The first kappa shape index (κ1) is 22.9. The Morgan fingerprint density at radius 3 is 2.45 bits per heavy atom. The van der Waals surface area contributed by atoms with E-state index < -0.39 is 24.0 Å². The number of likely N-dealkylation sites (tertiary alicyclic amines) is 1. The summed E-state index contributed by atoms with van der Waals surface area (Å²) >= 11 is 1.07. The zero-order valence-electron chi connectivity index (χ0n) is 18.2. The molecule has 170 valence electrons. The largest absolute Gasteiger partial charge is 0.488 e. The first-order chi connectivity index (χ1) is 15.9. The molecule has 0 saturated carbocycles. The highest BCUT2D eigenvalue weighted by Gasteiger charge is 2.42. The average molecular weight is 464 g/mol. The van der Waals surface area contributed by atoms with Crippen molar-refractivity contribution in [1.29, 1.82) is 0 Å². The van der Waals surface area contributed by atoms with Crippen LogP contribution in [0, 0.1) is 5.92 Å². The van der Waals surface area contributed by atoms with E-state index in [4.69, 9.17) is 4.74 Å². The fourth-order valence-corrected chi connectivity index (χ4v) is 4.85. The van der Waals surface area contributed by atoms with Crippen molar-refractivity contribution in [2.24, 2.45) is 5.92 Å². The molecular weight excluding hydrogens is 438 g/mol. The number of carboxylic acid groups (broad SMARTS) is 1. The summed E-state index contributed by atoms with van der Waals surface area (Å²) in [5.74, 6) is -0.891. The number of amides is 1. The molecule has 33 heavy (non-hydrogen) atoms. The Morgan fingerprint density at radius 1 is 1.03 bits per heavy atom. The number of benzene rings is 3. The molecule has 1 saturated heterocycles. The number of hydrogen-bond acceptors (Lipinski definition) is 5. The third kappa shape index (κ3) is 5.37. The molecule has 0 spiro atoms. The lowest BCUT2D eigenvalue weighted by molar-refractivity contribution is -0.149. The van der Waals surface area contributed by atoms with E-state index in [0.29, 0.717) is 11.3 Å². The summed E-state index contributed by atoms with van der Waals surface area (Å²) < 4.78 is 6.06. The van der Waals surface area contributed by atoms with E-state index in [1.165, 1.54) is 4.90 Å². The van der Waals surface area contributed by atoms with Crippen LogP contribution in [0.4, 0.5) is 0 Å². The monoisotopic (exact) mass is 463 g/mol. The van der Waals surface area contributed by atoms with E-state index in [-0.39, 0.29) is 29.7 Å². The summed E-state index contributed by atoms with van der Waals surface area (Å²) in [7, 11) is 0. The molecule has 1 amide bonds. The van der Waals surface area contributed by atoms with Crippen molar-refractivity contribution in [2.75, 3.05) is 12.3 Å². The summed E-state index contributed by atoms with van der Waals surface area (Å²) in [6.07, 6.45) is -0.196. The molecule has 0 aliphatic carbocycles. The third-order valence-corrected chi connectivity index (χ3v) is 6.91. The number of thioether (sulfide) groups is 1. The molecular formula is C26H25NO5S. The van der Waals surface area contributed by atoms with E-state index in [0.717, 1.165) is 22.5 Å². The van der Waals surface area contributed by atoms with Crippen LogP contribution >= 0.6 is 11.8 Å². The van der Waals surface area contributed by atoms with Crippen LogP contribution in [0.2, 0.25) is 0 Å². The number of nitrogens with zero attached hydrogens (tertiary/aromatic N) is 1. The zero-order valence-corrected chi connectivity index (χ0v) is 19.0. The molecule has 1 aliphatic rings. The van der Waals surface area contributed by atoms with Gasteiger partial charge in [0.2, 0.25) is 11.0 Å². The molecule has 2 unspecified atom stereocenters. The van der Waals surface area contributed by atoms with Crippen molar-refractivity contribution >= 4 is 39.5 Å². The van der Waals surface area contributed by atoms with Crippen molar-refractivity contribution in [1.82, 2.24) is 4.90 Å². The topological polar surface area (TPSA) is 83.9 Å². The number of ether oxygens (including phenoxy) is 1. The van der Waals surface area contributed by atoms with Gasteiger partial charge in [0, 0.05) is 23.7 Å². The Kier molecular flexibility index (Phi) is 6.99. The molecule has 3 aromatic carbocycles. The van der Waals surface area contributed by atoms with E-state index in [2.05, 4.69) is 0 Å². The minimum Gasteiger partial charge on any atom is -0.488 e. The Bertz CT molecular complexity index is 1170. The Balaban J connectivity index is 1.39. The second-order valence-electron chi connectivity index (χ2n) is 8.19. The third-order valence-electron chi connectivity index (χ3n) is 5.75. The van der Waals surface area contributed by atoms with Crippen LogP contribution in [-0.2, 0) is 9.59 Å². The van der Waals surface area contributed by atoms with Gasteiger partial charge in [-0.1, -0.05) is 79.3 Å². The van der Waals surface area contributed by atoms with Gasteiger partial charge in [0.05, 0.1) is 6.54 Å². The van der Waals surface area contributed by atoms with E-state index in [9.17, 15) is 19.5 Å². The molecule has 1 aliphatic heterocycles. The Hall–Kier alpha value is -3.32. The SMILES string of the molecule is CC(CSC(=O)c1ccccc1)C(=O)N1CC(Oc2ccc3ccccc3c2)C[C@H]1C(=O)O. The van der Waals surface area contributed by atoms with Crippen molar-refractivity contribution in [2.45, 2.75) is 25.5 Å². The summed E-state index contributed by atoms with van der Waals surface area (Å²) in [6.45, 7) is 1.92. The van der Waals surface area contributed by atoms with Gasteiger partial charge in [0.25, 0.3) is 0 Å². The molecule has 7 heteroatoms. The van der Waals surface area contributed by atoms with E-state index in [1.807, 2.05) is 48.5 Å². The quantitative estimate of drug-likeness (QED) is 0.556. The number of carbonyl (C=O) groups excluding carboxylic acids is 2. The van der Waals surface area contributed by atoms with Gasteiger partial charge >= 0.3 is 5.97 Å². The summed E-state index contributed by atoms with van der Waals surface area (Å²) in [5, 5.41) is 11.7. The minimum atomic E-state index is -1.05. The van der Waals surface area contributed by atoms with Crippen LogP contribution in [0.5, 0.6) is 5.75 Å². The fourth-order valence-electron chi connectivity index (χ4n) is 4.01. The molecule has 1 N–H and O–H groups in total. The van der Waals surface area contributed by atoms with Crippen molar-refractivity contribution < 1.29 is 24.2 Å². The number of carbonyl (C=O) groups is 3. The van der Waals surface area contributed by atoms with Gasteiger partial charge in [0.15, 0.2) is 0 Å². The zero-order chi connectivity index (χ0) is 23.4. The average Bonchev–Trinajstić information content (AvgIpc) is 3.26. The van der Waals surface area contributed by atoms with Crippen molar-refractivity contribution in [3.8, 4) is 5.75 Å². The standard InChI is InChI=1S/C26H25NO5S/c1-17(16-33-26(31)19-8-3-2-4-9-19)24(28)27-15-22(14-23(27)25(29)30)32-21-12-11-18-7-5-6-10-20(18)13-21/h2-13,17,22-23H,14-16H2,1H3,(H,29,30)/t17?,22?,23-/m0/s1. The van der Waals surface area contributed by atoms with Crippen LogP contribution in [0.3, 0.4) is 0 Å². The highest BCUT2D eigenvalue weighted by molar-refractivity contribution is 8.14. The fraction of sp³-hybridized carbons (Fsp3) is 0.269. The van der Waals surface area contributed by atoms with Crippen LogP contribution in [0.25, 0.3) is 10.8 Å². The van der Waals surface area contributed by atoms with Gasteiger partial charge in [-0.2, -0.15) is 0 Å². The predicted octanol–water partition coefficient (Wildman–Crippen LogP) is 4.48. The normalized spacial score (nSPS) is 18.8. The maximum absolute atomic E-state index is 13.1. The first-order valence-electron chi connectivity index (χ1n) is 10.8. The van der Waals surface area contributed by atoms with E-state index in [1.54, 1.807) is 31.2 Å². The number of rotatable bonds is 7. The van der Waals surface area contributed by atoms with Crippen LogP contribution in [0.15, 0.2) is 72.8 Å². The molecule has 0 radical (unpaired) electrons. The molecule has 1 fully saturated rings. The molecule has 3 aromatic rings. The number of hydrogen-bond donors (Lipinski definition) is 1. The van der Waals surface area contributed by atoms with E-state index >= 15 is 0 Å². The Labute approximate surface area is 196 Å². The number of fused-ring (bicyclic) bond motifs is 1. The maximum Gasteiger partial charge on any atom is 0.326 e. The van der Waals surface area contributed by atoms with Gasteiger partial charge in [0.1, 0.15) is 17.9 Å². The van der Waals surface area contributed by atoms with Crippen LogP contribution in [0.1, 0.15) is 23.7 Å². The first-order valence-corrected chi connectivity index (χ1v) is 11.8. The van der Waals surface area contributed by atoms with Gasteiger partial charge in [-0.3, -0.25) is 9.59 Å². The van der Waals surface area contributed by atoms with Crippen molar-refractivity contribution in [3.05, 3.63) is 78.4 Å². The number of carboxylic acids is 1. The molecule has 0 aromatic heterocycles. The van der Waals surface area contributed by atoms with Gasteiger partial charge in [-0.15, -0.1) is 0 Å². The summed E-state index contributed by atoms with van der Waals surface area (Å²) in [6, 6.07) is 21.6. The molecule has 0 bridgehead atoms. The minimum absolute atomic E-state index is 0.107. The van der Waals surface area contributed by atoms with Crippen LogP contribution in [-0.4, -0.2) is 51.4 Å². The smallest absolute Gasteiger partial charge is 0.326 e. The second kappa shape index (κ2) is 10.1. The Morgan fingerprint density at radius 2 is 1.73 bits per heavy atom. The second-order valence-corrected chi connectivity index (χ2v) is 9.19. The predicted molar refractivity (Wildman–Crippen MR) is 129 cm³/mol. The summed E-state index contributed by atoms with van der Waals surface area (Å²) in [5.41, 5.74) is 0.579. The number of aliphatic carboxylic acids is 1. The lowest BCUT2D eigenvalue weighted by atomic mass is 10.1. The molecule has 6 nitrogen and oxygen atoms in total. The molecule has 3 atom stereocenters. The lowest BCUT2D eigenvalue weighted by Crippen LogP contribution is -2.43. The van der Waals surface area contributed by atoms with Gasteiger partial charge in [-0.05, 0) is 22.9 Å².